The van der Waals surface area contributed by atoms with Crippen LogP contribution in [0.5, 0.6) is 0 Å². The Hall–Kier alpha value is -0.340. The van der Waals surface area contributed by atoms with Gasteiger partial charge >= 0.3 is 0 Å². The van der Waals surface area contributed by atoms with Crippen LogP contribution in [0, 0.1) is 0 Å². The summed E-state index contributed by atoms with van der Waals surface area (Å²) in [6, 6.07) is 8.81. The van der Waals surface area contributed by atoms with Gasteiger partial charge in [-0.3, -0.25) is 4.90 Å². The molecule has 1 aromatic carbocycles. The molecule has 0 N–H and O–H groups in total. The number of alkyl halides is 1. The van der Waals surface area contributed by atoms with Crippen LogP contribution in [0.1, 0.15) is 48.7 Å². The molecule has 0 amide bonds. The number of fused-ring (bicyclic) bond motifs is 1. The van der Waals surface area contributed by atoms with Gasteiger partial charge < -0.3 is 0 Å². The third-order valence-electron chi connectivity index (χ3n) is 3.60. The van der Waals surface area contributed by atoms with E-state index in [0.29, 0.717) is 4.95 Å². The number of halogens is 1. The second kappa shape index (κ2) is 6.55. The van der Waals surface area contributed by atoms with E-state index in [0.717, 1.165) is 0 Å². The predicted octanol–water partition coefficient (Wildman–Crippen LogP) is 4.52. The lowest BCUT2D eigenvalue weighted by Gasteiger charge is -2.33. The van der Waals surface area contributed by atoms with Crippen molar-refractivity contribution < 1.29 is 0 Å². The van der Waals surface area contributed by atoms with Crippen molar-refractivity contribution in [2.24, 2.45) is 0 Å². The highest BCUT2D eigenvalue weighted by molar-refractivity contribution is 9.09. The van der Waals surface area contributed by atoms with Gasteiger partial charge in [-0.1, -0.05) is 66.4 Å². The molecule has 17 heavy (non-hydrogen) atoms. The van der Waals surface area contributed by atoms with Crippen LogP contribution in [0.3, 0.4) is 0 Å². The van der Waals surface area contributed by atoms with Crippen LogP contribution in [0.4, 0.5) is 0 Å². The highest BCUT2D eigenvalue weighted by Gasteiger charge is 2.23. The number of hydrogen-bond acceptors (Lipinski definition) is 1. The van der Waals surface area contributed by atoms with Crippen LogP contribution in [0.15, 0.2) is 24.3 Å². The van der Waals surface area contributed by atoms with E-state index < -0.39 is 0 Å². The van der Waals surface area contributed by atoms with Crippen LogP contribution in [-0.2, 0) is 6.42 Å². The normalized spacial score (nSPS) is 20.2. The number of hydrogen-bond donors (Lipinski definition) is 0. The number of benzene rings is 1. The van der Waals surface area contributed by atoms with E-state index in [1.54, 1.807) is 0 Å². The van der Waals surface area contributed by atoms with Gasteiger partial charge in [0.25, 0.3) is 0 Å². The zero-order valence-electron chi connectivity index (χ0n) is 10.7. The molecular weight excluding hydrogens is 274 g/mol. The summed E-state index contributed by atoms with van der Waals surface area (Å²) in [6.45, 7) is 4.69. The van der Waals surface area contributed by atoms with Crippen molar-refractivity contribution in [1.82, 2.24) is 4.90 Å². The largest absolute Gasteiger partial charge is 0.287 e. The Balaban J connectivity index is 1.90. The molecule has 0 aromatic heterocycles. The minimum absolute atomic E-state index is 0.425. The predicted molar refractivity (Wildman–Crippen MR) is 77.5 cm³/mol. The lowest BCUT2D eigenvalue weighted by molar-refractivity contribution is 0.245. The zero-order chi connectivity index (χ0) is 12.1. The van der Waals surface area contributed by atoms with Gasteiger partial charge in [0.15, 0.2) is 0 Å². The van der Waals surface area contributed by atoms with Gasteiger partial charge in [-0.05, 0) is 30.5 Å². The van der Waals surface area contributed by atoms with Gasteiger partial charge in [0.05, 0.1) is 4.95 Å². The second-order valence-electron chi connectivity index (χ2n) is 4.88. The Labute approximate surface area is 113 Å². The zero-order valence-corrected chi connectivity index (χ0v) is 12.2. The number of rotatable bonds is 5. The Kier molecular flexibility index (Phi) is 5.05. The first-order valence-electron chi connectivity index (χ1n) is 6.79. The van der Waals surface area contributed by atoms with Crippen molar-refractivity contribution in [3.63, 3.8) is 0 Å². The van der Waals surface area contributed by atoms with E-state index in [9.17, 15) is 0 Å². The van der Waals surface area contributed by atoms with E-state index in [-0.39, 0.29) is 0 Å². The van der Waals surface area contributed by atoms with Gasteiger partial charge in [-0.15, -0.1) is 0 Å². The van der Waals surface area contributed by atoms with E-state index >= 15 is 0 Å². The summed E-state index contributed by atoms with van der Waals surface area (Å²) in [4.78, 5) is 2.99. The highest BCUT2D eigenvalue weighted by Crippen LogP contribution is 2.34. The van der Waals surface area contributed by atoms with Crippen LogP contribution in [0.25, 0.3) is 0 Å². The van der Waals surface area contributed by atoms with Crippen molar-refractivity contribution in [2.45, 2.75) is 44.0 Å². The molecule has 1 atom stereocenters. The maximum Gasteiger partial charge on any atom is 0.0914 e. The lowest BCUT2D eigenvalue weighted by Crippen LogP contribution is -2.33. The SMILES string of the molecule is CCCCCCN1CCc2ccccc2C1Br. The van der Waals surface area contributed by atoms with Crippen molar-refractivity contribution in [3.8, 4) is 0 Å². The Morgan fingerprint density at radius 1 is 1.24 bits per heavy atom. The van der Waals surface area contributed by atoms with Crippen molar-refractivity contribution in [2.75, 3.05) is 13.1 Å². The van der Waals surface area contributed by atoms with E-state index in [4.69, 9.17) is 0 Å². The minimum atomic E-state index is 0.425. The first kappa shape index (κ1) is 13.1. The molecule has 1 aliphatic heterocycles. The summed E-state index contributed by atoms with van der Waals surface area (Å²) in [6.07, 6.45) is 6.59. The van der Waals surface area contributed by atoms with Gasteiger partial charge in [0.2, 0.25) is 0 Å². The maximum atomic E-state index is 3.85. The fourth-order valence-corrected chi connectivity index (χ4v) is 3.39. The van der Waals surface area contributed by atoms with Crippen LogP contribution < -0.4 is 0 Å². The van der Waals surface area contributed by atoms with E-state index in [1.807, 2.05) is 0 Å². The van der Waals surface area contributed by atoms with Crippen LogP contribution >= 0.6 is 15.9 Å². The second-order valence-corrected chi connectivity index (χ2v) is 5.75. The highest BCUT2D eigenvalue weighted by atomic mass is 79.9. The Morgan fingerprint density at radius 2 is 2.06 bits per heavy atom. The molecule has 1 unspecified atom stereocenters. The summed E-state index contributed by atoms with van der Waals surface area (Å²) >= 11 is 3.85. The molecule has 94 valence electrons. The van der Waals surface area contributed by atoms with Crippen LogP contribution in [0.2, 0.25) is 0 Å². The average Bonchev–Trinajstić information content (AvgIpc) is 2.37. The van der Waals surface area contributed by atoms with Gasteiger partial charge in [-0.2, -0.15) is 0 Å². The smallest absolute Gasteiger partial charge is 0.0914 e. The van der Waals surface area contributed by atoms with Crippen LogP contribution in [-0.4, -0.2) is 18.0 Å². The molecule has 0 fully saturated rings. The summed E-state index contributed by atoms with van der Waals surface area (Å²) in [5.74, 6) is 0. The van der Waals surface area contributed by atoms with Gasteiger partial charge in [-0.25, -0.2) is 0 Å². The first-order chi connectivity index (χ1) is 8.33. The quantitative estimate of drug-likeness (QED) is 0.439. The standard InChI is InChI=1S/C15H22BrN/c1-2-3-4-7-11-17-12-10-13-8-5-6-9-14(13)15(17)16/h5-6,8-9,15H,2-4,7,10-12H2,1H3. The molecular formula is C15H22BrN. The molecule has 0 spiro atoms. The fourth-order valence-electron chi connectivity index (χ4n) is 2.54. The topological polar surface area (TPSA) is 3.24 Å². The van der Waals surface area contributed by atoms with Crippen molar-refractivity contribution >= 4 is 15.9 Å². The molecule has 2 rings (SSSR count). The average molecular weight is 296 g/mol. The molecule has 0 radical (unpaired) electrons. The summed E-state index contributed by atoms with van der Waals surface area (Å²) in [5.41, 5.74) is 2.98. The van der Waals surface area contributed by atoms with Gasteiger partial charge in [0.1, 0.15) is 0 Å². The first-order valence-corrected chi connectivity index (χ1v) is 7.70. The molecule has 1 aromatic rings. The molecule has 2 heteroatoms. The summed E-state index contributed by atoms with van der Waals surface area (Å²) in [7, 11) is 0. The van der Waals surface area contributed by atoms with Crippen molar-refractivity contribution in [1.29, 1.82) is 0 Å². The molecule has 1 heterocycles. The third kappa shape index (κ3) is 3.32. The number of nitrogens with zero attached hydrogens (tertiary/aromatic N) is 1. The molecule has 1 nitrogen and oxygen atoms in total. The maximum absolute atomic E-state index is 3.85. The van der Waals surface area contributed by atoms with Gasteiger partial charge in [0, 0.05) is 6.54 Å². The fraction of sp³-hybridized carbons (Fsp3) is 0.600. The Morgan fingerprint density at radius 3 is 2.88 bits per heavy atom. The minimum Gasteiger partial charge on any atom is -0.287 e. The van der Waals surface area contributed by atoms with E-state index in [2.05, 4.69) is 52.0 Å². The monoisotopic (exact) mass is 295 g/mol. The summed E-state index contributed by atoms with van der Waals surface area (Å²) < 4.78 is 0. The lowest BCUT2D eigenvalue weighted by atomic mass is 9.99. The van der Waals surface area contributed by atoms with E-state index in [1.165, 1.54) is 56.3 Å². The Bertz CT molecular complexity index is 351. The van der Waals surface area contributed by atoms with Crippen molar-refractivity contribution in [3.05, 3.63) is 35.4 Å². The molecule has 0 aliphatic carbocycles. The summed E-state index contributed by atoms with van der Waals surface area (Å²) in [5, 5.41) is 0. The third-order valence-corrected chi connectivity index (χ3v) is 4.67. The number of unbranched alkanes of at least 4 members (excludes halogenated alkanes) is 3. The molecule has 0 saturated heterocycles. The molecule has 0 saturated carbocycles. The molecule has 0 bridgehead atoms. The molecule has 1 aliphatic rings.